The molecule has 0 spiro atoms. The Balaban J connectivity index is 1.68. The lowest BCUT2D eigenvalue weighted by molar-refractivity contribution is 0.164. The van der Waals surface area contributed by atoms with E-state index in [2.05, 4.69) is 20.4 Å². The minimum atomic E-state index is -0.224. The molecule has 25 heavy (non-hydrogen) atoms. The first-order valence-corrected chi connectivity index (χ1v) is 8.13. The van der Waals surface area contributed by atoms with Gasteiger partial charge in [0.05, 0.1) is 19.7 Å². The van der Waals surface area contributed by atoms with Crippen LogP contribution >= 0.6 is 0 Å². The fourth-order valence-electron chi connectivity index (χ4n) is 3.22. The highest BCUT2D eigenvalue weighted by molar-refractivity contribution is 5.32. The summed E-state index contributed by atoms with van der Waals surface area (Å²) < 4.78 is 20.3. The van der Waals surface area contributed by atoms with Crippen LogP contribution in [-0.4, -0.2) is 38.8 Å². The fraction of sp³-hybridized carbons (Fsp3) is 0.278. The van der Waals surface area contributed by atoms with Crippen LogP contribution in [0.1, 0.15) is 23.0 Å². The maximum absolute atomic E-state index is 13.2. The third-order valence-electron chi connectivity index (χ3n) is 4.50. The number of hydrogen-bond acceptors (Lipinski definition) is 5. The number of tetrazole rings is 1. The molecule has 2 heterocycles. The van der Waals surface area contributed by atoms with Crippen LogP contribution in [-0.2, 0) is 13.1 Å². The van der Waals surface area contributed by atoms with Gasteiger partial charge < -0.3 is 4.74 Å². The van der Waals surface area contributed by atoms with Crippen LogP contribution in [0.25, 0.3) is 0 Å². The first-order chi connectivity index (χ1) is 12.2. The molecular formula is C18H18FN5O. The lowest BCUT2D eigenvalue weighted by Gasteiger charge is -2.35. The molecule has 2 aromatic carbocycles. The molecule has 0 saturated heterocycles. The summed E-state index contributed by atoms with van der Waals surface area (Å²) in [7, 11) is 1.65. The standard InChI is InChI=1S/C18H18FN5O/c1-25-16-8-4-14(5-9-16)17-18-20-21-22-24(18)11-10-23(17)12-13-2-6-15(19)7-3-13/h2-9,17H,10-12H2,1H3. The van der Waals surface area contributed by atoms with Crippen LogP contribution in [0.2, 0.25) is 0 Å². The Morgan fingerprint density at radius 1 is 1.08 bits per heavy atom. The molecule has 0 saturated carbocycles. The Hall–Kier alpha value is -2.80. The zero-order chi connectivity index (χ0) is 17.2. The van der Waals surface area contributed by atoms with Crippen LogP contribution < -0.4 is 4.74 Å². The number of methoxy groups -OCH3 is 1. The molecule has 128 valence electrons. The van der Waals surface area contributed by atoms with Crippen molar-refractivity contribution in [2.75, 3.05) is 13.7 Å². The molecule has 1 aliphatic rings. The molecule has 0 amide bonds. The minimum Gasteiger partial charge on any atom is -0.497 e. The number of rotatable bonds is 4. The van der Waals surface area contributed by atoms with Gasteiger partial charge in [-0.05, 0) is 45.8 Å². The van der Waals surface area contributed by atoms with E-state index in [0.717, 1.165) is 35.8 Å². The van der Waals surface area contributed by atoms with E-state index in [0.29, 0.717) is 6.54 Å². The molecular weight excluding hydrogens is 321 g/mol. The van der Waals surface area contributed by atoms with Crippen molar-refractivity contribution in [1.82, 2.24) is 25.1 Å². The van der Waals surface area contributed by atoms with Crippen molar-refractivity contribution in [1.29, 1.82) is 0 Å². The summed E-state index contributed by atoms with van der Waals surface area (Å²) in [4.78, 5) is 2.31. The van der Waals surface area contributed by atoms with Crippen molar-refractivity contribution in [3.05, 3.63) is 71.3 Å². The van der Waals surface area contributed by atoms with E-state index in [1.54, 1.807) is 7.11 Å². The second kappa shape index (κ2) is 6.60. The monoisotopic (exact) mass is 339 g/mol. The molecule has 0 aliphatic carbocycles. The Kier molecular flexibility index (Phi) is 4.15. The first kappa shape index (κ1) is 15.7. The molecule has 0 N–H and O–H groups in total. The molecule has 3 aromatic rings. The van der Waals surface area contributed by atoms with E-state index in [-0.39, 0.29) is 11.9 Å². The predicted molar refractivity (Wildman–Crippen MR) is 89.5 cm³/mol. The molecule has 6 nitrogen and oxygen atoms in total. The summed E-state index contributed by atoms with van der Waals surface area (Å²) in [6.45, 7) is 2.24. The number of ether oxygens (including phenoxy) is 1. The van der Waals surface area contributed by atoms with Gasteiger partial charge in [-0.2, -0.15) is 0 Å². The summed E-state index contributed by atoms with van der Waals surface area (Å²) in [5.74, 6) is 1.40. The van der Waals surface area contributed by atoms with E-state index in [1.807, 2.05) is 41.1 Å². The second-order valence-corrected chi connectivity index (χ2v) is 6.03. The van der Waals surface area contributed by atoms with Crippen LogP contribution in [0.3, 0.4) is 0 Å². The number of fused-ring (bicyclic) bond motifs is 1. The van der Waals surface area contributed by atoms with Gasteiger partial charge in [-0.25, -0.2) is 9.07 Å². The average molecular weight is 339 g/mol. The lowest BCUT2D eigenvalue weighted by Crippen LogP contribution is -2.38. The fourth-order valence-corrected chi connectivity index (χ4v) is 3.22. The maximum Gasteiger partial charge on any atom is 0.173 e. The highest BCUT2D eigenvalue weighted by Crippen LogP contribution is 2.32. The molecule has 0 radical (unpaired) electrons. The van der Waals surface area contributed by atoms with Crippen LogP contribution in [0, 0.1) is 5.82 Å². The molecule has 0 fully saturated rings. The van der Waals surface area contributed by atoms with E-state index >= 15 is 0 Å². The van der Waals surface area contributed by atoms with Gasteiger partial charge >= 0.3 is 0 Å². The maximum atomic E-state index is 13.2. The molecule has 1 aliphatic heterocycles. The summed E-state index contributed by atoms with van der Waals surface area (Å²) in [5.41, 5.74) is 2.15. The van der Waals surface area contributed by atoms with E-state index < -0.39 is 0 Å². The third-order valence-corrected chi connectivity index (χ3v) is 4.50. The van der Waals surface area contributed by atoms with E-state index in [4.69, 9.17) is 4.74 Å². The first-order valence-electron chi connectivity index (χ1n) is 8.13. The number of nitrogens with zero attached hydrogens (tertiary/aromatic N) is 5. The Bertz CT molecular complexity index is 847. The van der Waals surface area contributed by atoms with Gasteiger partial charge in [-0.3, -0.25) is 4.90 Å². The molecule has 4 rings (SSSR count). The van der Waals surface area contributed by atoms with Gasteiger partial charge in [0.2, 0.25) is 0 Å². The average Bonchev–Trinajstić information content (AvgIpc) is 3.12. The van der Waals surface area contributed by atoms with Crippen LogP contribution in [0.5, 0.6) is 5.75 Å². The normalized spacial score (nSPS) is 17.3. The topological polar surface area (TPSA) is 56.1 Å². The number of halogens is 1. The molecule has 0 bridgehead atoms. The van der Waals surface area contributed by atoms with Gasteiger partial charge in [0.1, 0.15) is 11.6 Å². The van der Waals surface area contributed by atoms with Crippen LogP contribution in [0.15, 0.2) is 48.5 Å². The highest BCUT2D eigenvalue weighted by Gasteiger charge is 2.31. The van der Waals surface area contributed by atoms with Crippen LogP contribution in [0.4, 0.5) is 4.39 Å². The van der Waals surface area contributed by atoms with E-state index in [1.165, 1.54) is 12.1 Å². The van der Waals surface area contributed by atoms with Crippen molar-refractivity contribution >= 4 is 0 Å². The number of aromatic nitrogens is 4. The quantitative estimate of drug-likeness (QED) is 0.731. The summed E-state index contributed by atoms with van der Waals surface area (Å²) >= 11 is 0. The van der Waals surface area contributed by atoms with Crippen molar-refractivity contribution in [2.24, 2.45) is 0 Å². The summed E-state index contributed by atoms with van der Waals surface area (Å²) in [5, 5.41) is 12.1. The summed E-state index contributed by atoms with van der Waals surface area (Å²) in [6, 6.07) is 14.5. The summed E-state index contributed by atoms with van der Waals surface area (Å²) in [6.07, 6.45) is 0. The van der Waals surface area contributed by atoms with Crippen molar-refractivity contribution in [2.45, 2.75) is 19.1 Å². The zero-order valence-corrected chi connectivity index (χ0v) is 13.8. The van der Waals surface area contributed by atoms with Gasteiger partial charge in [0.25, 0.3) is 0 Å². The number of benzene rings is 2. The van der Waals surface area contributed by atoms with Crippen molar-refractivity contribution in [3.63, 3.8) is 0 Å². The zero-order valence-electron chi connectivity index (χ0n) is 13.8. The predicted octanol–water partition coefficient (Wildman–Crippen LogP) is 2.43. The molecule has 7 heteroatoms. The highest BCUT2D eigenvalue weighted by atomic mass is 19.1. The van der Waals surface area contributed by atoms with E-state index in [9.17, 15) is 4.39 Å². The third kappa shape index (κ3) is 3.10. The molecule has 1 unspecified atom stereocenters. The van der Waals surface area contributed by atoms with Gasteiger partial charge in [-0.1, -0.05) is 24.3 Å². The number of hydrogen-bond donors (Lipinski definition) is 0. The smallest absolute Gasteiger partial charge is 0.173 e. The Labute approximate surface area is 144 Å². The SMILES string of the molecule is COc1ccc(C2c3nnnn3CCN2Cc2ccc(F)cc2)cc1. The van der Waals surface area contributed by atoms with Gasteiger partial charge in [0.15, 0.2) is 5.82 Å². The Morgan fingerprint density at radius 2 is 1.84 bits per heavy atom. The van der Waals surface area contributed by atoms with Crippen molar-refractivity contribution in [3.8, 4) is 5.75 Å². The second-order valence-electron chi connectivity index (χ2n) is 6.03. The largest absolute Gasteiger partial charge is 0.497 e. The van der Waals surface area contributed by atoms with Gasteiger partial charge in [0, 0.05) is 13.1 Å². The van der Waals surface area contributed by atoms with Gasteiger partial charge in [-0.15, -0.1) is 5.10 Å². The minimum absolute atomic E-state index is 0.0558. The Morgan fingerprint density at radius 3 is 2.56 bits per heavy atom. The van der Waals surface area contributed by atoms with Crippen molar-refractivity contribution < 1.29 is 9.13 Å². The molecule has 1 aromatic heterocycles. The molecule has 1 atom stereocenters. The lowest BCUT2D eigenvalue weighted by atomic mass is 10.0.